The molecule has 0 bridgehead atoms. The molecule has 3 nitrogen and oxygen atoms in total. The maximum atomic E-state index is 11.8. The Balaban J connectivity index is 2.51. The topological polar surface area (TPSA) is 43.4 Å². The summed E-state index contributed by atoms with van der Waals surface area (Å²) in [6.45, 7) is 4.47. The molecule has 1 rings (SSSR count). The summed E-state index contributed by atoms with van der Waals surface area (Å²) in [6.07, 6.45) is 5.75. The summed E-state index contributed by atoms with van der Waals surface area (Å²) < 4.78 is 28.7. The van der Waals surface area contributed by atoms with E-state index in [9.17, 15) is 8.42 Å². The summed E-state index contributed by atoms with van der Waals surface area (Å²) in [5.74, 6) is 0.315. The predicted molar refractivity (Wildman–Crippen MR) is 83.7 cm³/mol. The summed E-state index contributed by atoms with van der Waals surface area (Å²) in [4.78, 5) is 0. The quantitative estimate of drug-likeness (QED) is 0.641. The third-order valence-electron chi connectivity index (χ3n) is 3.24. The van der Waals surface area contributed by atoms with Crippen LogP contribution in [0.25, 0.3) is 6.08 Å². The van der Waals surface area contributed by atoms with E-state index in [0.29, 0.717) is 5.92 Å². The van der Waals surface area contributed by atoms with E-state index >= 15 is 0 Å². The van der Waals surface area contributed by atoms with E-state index in [1.165, 1.54) is 0 Å². The first-order chi connectivity index (χ1) is 9.57. The van der Waals surface area contributed by atoms with Crippen molar-refractivity contribution in [2.45, 2.75) is 39.5 Å². The van der Waals surface area contributed by atoms with Crippen LogP contribution in [0.2, 0.25) is 0 Å². The van der Waals surface area contributed by atoms with E-state index in [-0.39, 0.29) is 6.61 Å². The second-order valence-corrected chi connectivity index (χ2v) is 6.40. The molecular weight excluding hydrogens is 272 g/mol. The minimum absolute atomic E-state index is 0.276. The second-order valence-electron chi connectivity index (χ2n) is 4.91. The molecule has 1 atom stereocenters. The lowest BCUT2D eigenvalue weighted by atomic mass is 10.0. The lowest BCUT2D eigenvalue weighted by molar-refractivity contribution is 0.242. The van der Waals surface area contributed by atoms with Crippen LogP contribution in [-0.2, 0) is 14.3 Å². The van der Waals surface area contributed by atoms with E-state index in [4.69, 9.17) is 4.18 Å². The Morgan fingerprint density at radius 1 is 1.20 bits per heavy atom. The molecule has 0 aliphatic rings. The molecule has 0 heterocycles. The Morgan fingerprint density at radius 3 is 2.50 bits per heavy atom. The summed E-state index contributed by atoms with van der Waals surface area (Å²) in [5, 5.41) is 1.13. The lowest BCUT2D eigenvalue weighted by Gasteiger charge is -2.13. The molecule has 20 heavy (non-hydrogen) atoms. The molecule has 4 heteroatoms. The van der Waals surface area contributed by atoms with E-state index in [0.717, 1.165) is 36.7 Å². The summed E-state index contributed by atoms with van der Waals surface area (Å²) in [7, 11) is -3.59. The molecule has 0 fully saturated rings. The van der Waals surface area contributed by atoms with Crippen molar-refractivity contribution in [2.75, 3.05) is 6.61 Å². The number of hydrogen-bond acceptors (Lipinski definition) is 3. The molecule has 0 saturated carbocycles. The SMILES string of the molecule is CCCCC(CC)COS(=O)(=O)C=Cc1ccccc1. The van der Waals surface area contributed by atoms with Crippen LogP contribution in [0.3, 0.4) is 0 Å². The van der Waals surface area contributed by atoms with Gasteiger partial charge in [0.05, 0.1) is 12.0 Å². The van der Waals surface area contributed by atoms with Gasteiger partial charge in [-0.15, -0.1) is 0 Å². The minimum atomic E-state index is -3.59. The highest BCUT2D eigenvalue weighted by molar-refractivity contribution is 7.89. The Morgan fingerprint density at radius 2 is 1.90 bits per heavy atom. The van der Waals surface area contributed by atoms with Crippen molar-refractivity contribution in [2.24, 2.45) is 5.92 Å². The van der Waals surface area contributed by atoms with Gasteiger partial charge in [0.15, 0.2) is 0 Å². The zero-order chi connectivity index (χ0) is 14.8. The van der Waals surface area contributed by atoms with Gasteiger partial charge in [-0.1, -0.05) is 63.4 Å². The van der Waals surface area contributed by atoms with Crippen molar-refractivity contribution < 1.29 is 12.6 Å². The zero-order valence-electron chi connectivity index (χ0n) is 12.3. The monoisotopic (exact) mass is 296 g/mol. The highest BCUT2D eigenvalue weighted by Gasteiger charge is 2.12. The van der Waals surface area contributed by atoms with Crippen molar-refractivity contribution >= 4 is 16.2 Å². The lowest BCUT2D eigenvalue weighted by Crippen LogP contribution is -2.12. The molecule has 0 aliphatic heterocycles. The first-order valence-electron chi connectivity index (χ1n) is 7.20. The van der Waals surface area contributed by atoms with Gasteiger partial charge in [-0.05, 0) is 24.0 Å². The zero-order valence-corrected chi connectivity index (χ0v) is 13.1. The van der Waals surface area contributed by atoms with Gasteiger partial charge in [-0.2, -0.15) is 8.42 Å². The molecular formula is C16H24O3S. The molecule has 0 saturated heterocycles. The van der Waals surface area contributed by atoms with Gasteiger partial charge in [0.25, 0.3) is 10.1 Å². The van der Waals surface area contributed by atoms with Crippen LogP contribution in [0.5, 0.6) is 0 Å². The molecule has 1 aromatic carbocycles. The van der Waals surface area contributed by atoms with E-state index in [1.54, 1.807) is 6.08 Å². The van der Waals surface area contributed by atoms with Crippen LogP contribution < -0.4 is 0 Å². The van der Waals surface area contributed by atoms with Crippen LogP contribution in [0, 0.1) is 5.92 Å². The van der Waals surface area contributed by atoms with E-state index in [2.05, 4.69) is 13.8 Å². The first-order valence-corrected chi connectivity index (χ1v) is 8.67. The van der Waals surface area contributed by atoms with Crippen LogP contribution >= 0.6 is 0 Å². The van der Waals surface area contributed by atoms with Crippen molar-refractivity contribution in [3.63, 3.8) is 0 Å². The Bertz CT molecular complexity index is 492. The van der Waals surface area contributed by atoms with Crippen LogP contribution in [0.15, 0.2) is 35.7 Å². The van der Waals surface area contributed by atoms with E-state index < -0.39 is 10.1 Å². The van der Waals surface area contributed by atoms with Gasteiger partial charge >= 0.3 is 0 Å². The molecule has 0 amide bonds. The normalized spacial score (nSPS) is 13.7. The molecule has 1 aromatic rings. The molecule has 0 spiro atoms. The van der Waals surface area contributed by atoms with Crippen LogP contribution in [-0.4, -0.2) is 15.0 Å². The standard InChI is InChI=1S/C16H24O3S/c1-3-5-9-15(4-2)14-19-20(17,18)13-12-16-10-7-6-8-11-16/h6-8,10-13,15H,3-5,9,14H2,1-2H3. The smallest absolute Gasteiger partial charge is 0.267 e. The summed E-state index contributed by atoms with van der Waals surface area (Å²) in [5.41, 5.74) is 0.845. The highest BCUT2D eigenvalue weighted by atomic mass is 32.2. The maximum Gasteiger partial charge on any atom is 0.290 e. The molecule has 0 radical (unpaired) electrons. The van der Waals surface area contributed by atoms with Gasteiger partial charge in [-0.3, -0.25) is 4.18 Å². The van der Waals surface area contributed by atoms with Crippen molar-refractivity contribution in [1.29, 1.82) is 0 Å². The molecule has 0 N–H and O–H groups in total. The average Bonchev–Trinajstić information content (AvgIpc) is 2.47. The Hall–Kier alpha value is -1.13. The first kappa shape index (κ1) is 16.9. The fourth-order valence-electron chi connectivity index (χ4n) is 1.85. The van der Waals surface area contributed by atoms with Crippen molar-refractivity contribution in [3.8, 4) is 0 Å². The maximum absolute atomic E-state index is 11.8. The molecule has 1 unspecified atom stereocenters. The van der Waals surface area contributed by atoms with Gasteiger partial charge in [-0.25, -0.2) is 0 Å². The Labute approximate surface area is 122 Å². The third kappa shape index (κ3) is 6.87. The van der Waals surface area contributed by atoms with Gasteiger partial charge in [0.2, 0.25) is 0 Å². The predicted octanol–water partition coefficient (Wildman–Crippen LogP) is 4.22. The van der Waals surface area contributed by atoms with Crippen LogP contribution in [0.1, 0.15) is 45.1 Å². The highest BCUT2D eigenvalue weighted by Crippen LogP contribution is 2.15. The van der Waals surface area contributed by atoms with Crippen molar-refractivity contribution in [1.82, 2.24) is 0 Å². The number of benzene rings is 1. The second kappa shape index (κ2) is 8.93. The molecule has 0 aromatic heterocycles. The van der Waals surface area contributed by atoms with Crippen LogP contribution in [0.4, 0.5) is 0 Å². The summed E-state index contributed by atoms with van der Waals surface area (Å²) in [6, 6.07) is 9.32. The number of hydrogen-bond donors (Lipinski definition) is 0. The molecule has 112 valence electrons. The fraction of sp³-hybridized carbons (Fsp3) is 0.500. The van der Waals surface area contributed by atoms with Crippen molar-refractivity contribution in [3.05, 3.63) is 41.3 Å². The number of unbranched alkanes of at least 4 members (excludes halogenated alkanes) is 1. The Kier molecular flexibility index (Phi) is 7.55. The third-order valence-corrected chi connectivity index (χ3v) is 4.17. The average molecular weight is 296 g/mol. The van der Waals surface area contributed by atoms with Gasteiger partial charge < -0.3 is 0 Å². The number of rotatable bonds is 9. The molecule has 0 aliphatic carbocycles. The fourth-order valence-corrected chi connectivity index (χ4v) is 2.64. The summed E-state index contributed by atoms with van der Waals surface area (Å²) >= 11 is 0. The van der Waals surface area contributed by atoms with E-state index in [1.807, 2.05) is 30.3 Å². The minimum Gasteiger partial charge on any atom is -0.267 e. The largest absolute Gasteiger partial charge is 0.290 e. The van der Waals surface area contributed by atoms with Gasteiger partial charge in [0, 0.05) is 0 Å². The van der Waals surface area contributed by atoms with Gasteiger partial charge in [0.1, 0.15) is 0 Å².